The van der Waals surface area contributed by atoms with Crippen molar-refractivity contribution < 1.29 is 32.6 Å². The second kappa shape index (κ2) is 13.4. The molecule has 11 nitrogen and oxygen atoms in total. The number of halogens is 4. The van der Waals surface area contributed by atoms with E-state index >= 15 is 4.39 Å². The fraction of sp³-hybridized carbons (Fsp3) is 0.432. The topological polar surface area (TPSA) is 115 Å². The standard InChI is InChI=1S/C37H37ClF3N7O4/c1-45(16-21-17-46(18-21)28(49)9-7-24-10-13-48(24)36(50)51)34-26-15-42-32(25-5-2-4-22-6-8-27(40)30(38)29(22)25)31(41)33(26)43-35(44-34)52-20-37-11-3-12-47(37)19-23(39)14-37/h2,4-9,15,21,23-24H,3,10-14,16-20H2,1H3,(H,50,51)/b9-7+/t23-,24+,37+/m1/s1. The van der Waals surface area contributed by atoms with Crippen molar-refractivity contribution in [1.29, 1.82) is 0 Å². The maximum absolute atomic E-state index is 16.7. The molecule has 0 saturated carbocycles. The smallest absolute Gasteiger partial charge is 0.407 e. The van der Waals surface area contributed by atoms with Gasteiger partial charge in [0.15, 0.2) is 5.82 Å². The summed E-state index contributed by atoms with van der Waals surface area (Å²) in [4.78, 5) is 44.7. The van der Waals surface area contributed by atoms with Crippen LogP contribution in [0.25, 0.3) is 32.9 Å². The van der Waals surface area contributed by atoms with Gasteiger partial charge in [-0.3, -0.25) is 14.7 Å². The van der Waals surface area contributed by atoms with E-state index in [1.54, 1.807) is 35.2 Å². The van der Waals surface area contributed by atoms with Gasteiger partial charge in [0.05, 0.1) is 22.0 Å². The number of alkyl halides is 1. The molecule has 0 aliphatic carbocycles. The minimum Gasteiger partial charge on any atom is -0.465 e. The van der Waals surface area contributed by atoms with Gasteiger partial charge in [0, 0.05) is 75.3 Å². The molecule has 2 amide bonds. The molecule has 0 radical (unpaired) electrons. The van der Waals surface area contributed by atoms with Crippen molar-refractivity contribution in [3.63, 3.8) is 0 Å². The molecule has 2 aromatic heterocycles. The number of carbonyl (C=O) groups excluding carboxylic acids is 1. The van der Waals surface area contributed by atoms with Crippen LogP contribution in [-0.4, -0.2) is 117 Å². The summed E-state index contributed by atoms with van der Waals surface area (Å²) in [5, 5.41) is 10.3. The highest BCUT2D eigenvalue weighted by Gasteiger charge is 2.49. The van der Waals surface area contributed by atoms with Gasteiger partial charge in [0.25, 0.3) is 0 Å². The van der Waals surface area contributed by atoms with Crippen molar-refractivity contribution in [2.75, 3.05) is 57.8 Å². The predicted molar refractivity (Wildman–Crippen MR) is 189 cm³/mol. The molecule has 4 aromatic rings. The van der Waals surface area contributed by atoms with Crippen molar-refractivity contribution in [1.82, 2.24) is 29.7 Å². The van der Waals surface area contributed by atoms with Crippen molar-refractivity contribution in [3.8, 4) is 17.3 Å². The van der Waals surface area contributed by atoms with Crippen LogP contribution in [0, 0.1) is 17.6 Å². The van der Waals surface area contributed by atoms with E-state index in [2.05, 4.69) is 14.9 Å². The summed E-state index contributed by atoms with van der Waals surface area (Å²) >= 11 is 6.40. The molecule has 8 rings (SSSR count). The highest BCUT2D eigenvalue weighted by Crippen LogP contribution is 2.41. The highest BCUT2D eigenvalue weighted by molar-refractivity contribution is 6.36. The number of ether oxygens (including phenoxy) is 1. The van der Waals surface area contributed by atoms with Gasteiger partial charge in [0.1, 0.15) is 35.6 Å². The maximum atomic E-state index is 16.7. The van der Waals surface area contributed by atoms with Crippen LogP contribution >= 0.6 is 11.6 Å². The fourth-order valence-corrected chi connectivity index (χ4v) is 8.48. The zero-order chi connectivity index (χ0) is 36.3. The minimum atomic E-state index is -1.00. The summed E-state index contributed by atoms with van der Waals surface area (Å²) < 4.78 is 52.1. The third-order valence-corrected chi connectivity index (χ3v) is 11.4. The number of pyridine rings is 1. The van der Waals surface area contributed by atoms with Crippen LogP contribution in [0.5, 0.6) is 6.01 Å². The molecule has 1 N–H and O–H groups in total. The number of likely N-dealkylation sites (tertiary alicyclic amines) is 2. The summed E-state index contributed by atoms with van der Waals surface area (Å²) in [5.41, 5.74) is -0.274. The summed E-state index contributed by atoms with van der Waals surface area (Å²) in [6.45, 7) is 3.17. The SMILES string of the molecule is CN(CC1CN(C(=O)/C=C/[C@H]2CCN2C(=O)O)C1)c1nc(OC[C@@]23CCCN2C[C@H](F)C3)nc2c(F)c(-c3cccc4ccc(F)c(Cl)c34)ncc12. The third kappa shape index (κ3) is 6.05. The average molecular weight is 736 g/mol. The number of hydrogen-bond donors (Lipinski definition) is 1. The summed E-state index contributed by atoms with van der Waals surface area (Å²) in [5.74, 6) is -1.12. The predicted octanol–water partition coefficient (Wildman–Crippen LogP) is 5.93. The molecule has 15 heteroatoms. The monoisotopic (exact) mass is 735 g/mol. The Morgan fingerprint density at radius 2 is 1.98 bits per heavy atom. The zero-order valence-electron chi connectivity index (χ0n) is 28.4. The normalized spacial score (nSPS) is 23.3. The van der Waals surface area contributed by atoms with E-state index in [-0.39, 0.29) is 46.7 Å². The van der Waals surface area contributed by atoms with E-state index in [0.29, 0.717) is 73.1 Å². The molecule has 3 atom stereocenters. The Balaban J connectivity index is 1.08. The first-order chi connectivity index (χ1) is 25.0. The minimum absolute atomic E-state index is 0.0427. The number of carbonyl (C=O) groups is 2. The van der Waals surface area contributed by atoms with Crippen LogP contribution < -0.4 is 9.64 Å². The Bertz CT molecular complexity index is 2120. The summed E-state index contributed by atoms with van der Waals surface area (Å²) in [7, 11) is 1.81. The van der Waals surface area contributed by atoms with Gasteiger partial charge in [-0.1, -0.05) is 41.9 Å². The van der Waals surface area contributed by atoms with E-state index in [1.807, 2.05) is 11.9 Å². The number of hydrogen-bond acceptors (Lipinski definition) is 8. The number of anilines is 1. The van der Waals surface area contributed by atoms with E-state index in [1.165, 1.54) is 23.2 Å². The van der Waals surface area contributed by atoms with Crippen molar-refractivity contribution in [2.24, 2.45) is 5.92 Å². The molecule has 0 bridgehead atoms. The van der Waals surface area contributed by atoms with Crippen LogP contribution in [0.3, 0.4) is 0 Å². The third-order valence-electron chi connectivity index (χ3n) is 11.0. The molecule has 6 heterocycles. The van der Waals surface area contributed by atoms with Gasteiger partial charge in [-0.25, -0.2) is 18.0 Å². The van der Waals surface area contributed by atoms with Gasteiger partial charge >= 0.3 is 12.1 Å². The Labute approximate surface area is 302 Å². The lowest BCUT2D eigenvalue weighted by atomic mass is 9.95. The van der Waals surface area contributed by atoms with Crippen LogP contribution in [0.4, 0.5) is 23.8 Å². The first-order valence-corrected chi connectivity index (χ1v) is 17.8. The molecule has 4 aliphatic heterocycles. The van der Waals surface area contributed by atoms with Gasteiger partial charge in [-0.05, 0) is 37.3 Å². The molecule has 0 spiro atoms. The van der Waals surface area contributed by atoms with Crippen molar-refractivity contribution in [3.05, 3.63) is 65.3 Å². The molecule has 4 saturated heterocycles. The lowest BCUT2D eigenvalue weighted by Gasteiger charge is -2.41. The van der Waals surface area contributed by atoms with E-state index in [4.69, 9.17) is 21.3 Å². The molecular formula is C37H37ClF3N7O4. The zero-order valence-corrected chi connectivity index (χ0v) is 29.2. The van der Waals surface area contributed by atoms with Crippen LogP contribution in [0.1, 0.15) is 25.7 Å². The van der Waals surface area contributed by atoms with Gasteiger partial charge in [-0.2, -0.15) is 9.97 Å². The second-order valence-electron chi connectivity index (χ2n) is 14.3. The molecule has 2 aromatic carbocycles. The Morgan fingerprint density at radius 3 is 2.75 bits per heavy atom. The number of carboxylic acid groups (broad SMARTS) is 1. The Hall–Kier alpha value is -4.69. The Kier molecular flexibility index (Phi) is 8.85. The lowest BCUT2D eigenvalue weighted by molar-refractivity contribution is -0.131. The maximum Gasteiger partial charge on any atom is 0.407 e. The van der Waals surface area contributed by atoms with Crippen molar-refractivity contribution >= 4 is 51.1 Å². The van der Waals surface area contributed by atoms with E-state index in [9.17, 15) is 23.5 Å². The second-order valence-corrected chi connectivity index (χ2v) is 14.7. The molecule has 0 unspecified atom stereocenters. The van der Waals surface area contributed by atoms with Crippen LogP contribution in [0.15, 0.2) is 48.7 Å². The number of benzene rings is 2. The van der Waals surface area contributed by atoms with E-state index < -0.39 is 29.4 Å². The average Bonchev–Trinajstić information content (AvgIpc) is 3.61. The number of fused-ring (bicyclic) bond motifs is 3. The quantitative estimate of drug-likeness (QED) is 0.209. The van der Waals surface area contributed by atoms with Crippen LogP contribution in [-0.2, 0) is 4.79 Å². The van der Waals surface area contributed by atoms with E-state index in [0.717, 1.165) is 19.4 Å². The fourth-order valence-electron chi connectivity index (χ4n) is 8.20. The molecule has 4 fully saturated rings. The summed E-state index contributed by atoms with van der Waals surface area (Å²) in [6.07, 6.45) is 5.34. The van der Waals surface area contributed by atoms with Crippen LogP contribution in [0.2, 0.25) is 5.02 Å². The van der Waals surface area contributed by atoms with Crippen molar-refractivity contribution in [2.45, 2.75) is 43.4 Å². The lowest BCUT2D eigenvalue weighted by Crippen LogP contribution is -2.53. The van der Waals surface area contributed by atoms with Gasteiger partial charge < -0.3 is 24.5 Å². The largest absolute Gasteiger partial charge is 0.465 e. The first kappa shape index (κ1) is 34.4. The molecule has 52 heavy (non-hydrogen) atoms. The number of rotatable bonds is 9. The number of amides is 2. The molecule has 272 valence electrons. The van der Waals surface area contributed by atoms with Gasteiger partial charge in [-0.15, -0.1) is 0 Å². The summed E-state index contributed by atoms with van der Waals surface area (Å²) in [6, 6.07) is 7.60. The molecular weight excluding hydrogens is 699 g/mol. The van der Waals surface area contributed by atoms with Gasteiger partial charge in [0.2, 0.25) is 5.91 Å². The Morgan fingerprint density at radius 1 is 1.15 bits per heavy atom. The molecule has 4 aliphatic rings. The first-order valence-electron chi connectivity index (χ1n) is 17.4. The number of nitrogens with zero attached hydrogens (tertiary/aromatic N) is 7. The number of aromatic nitrogens is 3. The highest BCUT2D eigenvalue weighted by atomic mass is 35.5.